The van der Waals surface area contributed by atoms with Gasteiger partial charge in [-0.3, -0.25) is 0 Å². The molecule has 0 atom stereocenters. The molecule has 0 unspecified atom stereocenters. The van der Waals surface area contributed by atoms with E-state index < -0.39 is 0 Å². The molecule has 0 N–H and O–H groups in total. The van der Waals surface area contributed by atoms with Crippen molar-refractivity contribution in [2.75, 3.05) is 0 Å². The monoisotopic (exact) mass is 185 g/mol. The summed E-state index contributed by atoms with van der Waals surface area (Å²) in [6.45, 7) is 0. The van der Waals surface area contributed by atoms with E-state index in [-0.39, 0.29) is 0 Å². The van der Waals surface area contributed by atoms with E-state index in [1.807, 2.05) is 0 Å². The van der Waals surface area contributed by atoms with Gasteiger partial charge in [-0.15, -0.1) is 0 Å². The summed E-state index contributed by atoms with van der Waals surface area (Å²) >= 11 is 2.69. The van der Waals surface area contributed by atoms with Crippen LogP contribution in [-0.2, 0) is 0 Å². The molecular formula is C8H9Se. The van der Waals surface area contributed by atoms with E-state index in [0.717, 1.165) is 0 Å². The number of allylic oxidation sites excluding steroid dienone is 2. The second kappa shape index (κ2) is 3.77. The fourth-order valence-corrected chi connectivity index (χ4v) is 1.29. The predicted molar refractivity (Wildman–Crippen MR) is 40.1 cm³/mol. The molecule has 0 aromatic rings. The third-order valence-electron chi connectivity index (χ3n) is 1.50. The molecule has 0 bridgehead atoms. The van der Waals surface area contributed by atoms with Gasteiger partial charge in [-0.1, -0.05) is 0 Å². The Kier molecular flexibility index (Phi) is 2.91. The van der Waals surface area contributed by atoms with Crippen molar-refractivity contribution in [3.8, 4) is 10.7 Å². The molecule has 0 saturated heterocycles. The van der Waals surface area contributed by atoms with Crippen LogP contribution in [0.2, 0.25) is 0 Å². The van der Waals surface area contributed by atoms with Crippen LogP contribution in [0.3, 0.4) is 0 Å². The quantitative estimate of drug-likeness (QED) is 0.396. The third kappa shape index (κ3) is 2.26. The molecule has 0 spiro atoms. The Morgan fingerprint density at radius 2 is 2.33 bits per heavy atom. The van der Waals surface area contributed by atoms with Crippen LogP contribution >= 0.6 is 0 Å². The van der Waals surface area contributed by atoms with Crippen LogP contribution < -0.4 is 0 Å². The first-order valence-electron chi connectivity index (χ1n) is 3.25. The molecule has 0 amide bonds. The molecule has 0 fully saturated rings. The molecule has 47 valence electrons. The second-order valence-electron chi connectivity index (χ2n) is 2.20. The SMILES string of the molecule is [Se]C#CC1=CCCCC1. The van der Waals surface area contributed by atoms with Crippen molar-refractivity contribution < 1.29 is 0 Å². The Hall–Kier alpha value is -0.181. The Bertz CT molecular complexity index is 169. The zero-order valence-electron chi connectivity index (χ0n) is 5.31. The summed E-state index contributed by atoms with van der Waals surface area (Å²) in [5.74, 6) is 3.04. The molecular weight excluding hydrogens is 175 g/mol. The summed E-state index contributed by atoms with van der Waals surface area (Å²) in [7, 11) is 0. The van der Waals surface area contributed by atoms with Gasteiger partial charge in [-0.05, 0) is 0 Å². The molecule has 1 aliphatic rings. The summed E-state index contributed by atoms with van der Waals surface area (Å²) in [6, 6.07) is 0. The molecule has 9 heavy (non-hydrogen) atoms. The van der Waals surface area contributed by atoms with Gasteiger partial charge in [0.25, 0.3) is 0 Å². The van der Waals surface area contributed by atoms with Gasteiger partial charge in [0, 0.05) is 0 Å². The molecule has 1 heteroatoms. The van der Waals surface area contributed by atoms with Gasteiger partial charge < -0.3 is 0 Å². The molecule has 0 aromatic carbocycles. The van der Waals surface area contributed by atoms with Crippen LogP contribution in [-0.4, -0.2) is 16.0 Å². The minimum atomic E-state index is 1.19. The van der Waals surface area contributed by atoms with E-state index in [0.29, 0.717) is 0 Å². The first kappa shape index (κ1) is 6.93. The van der Waals surface area contributed by atoms with Crippen molar-refractivity contribution in [1.82, 2.24) is 0 Å². The van der Waals surface area contributed by atoms with Crippen LogP contribution in [0.4, 0.5) is 0 Å². The van der Waals surface area contributed by atoms with Crippen LogP contribution in [0.25, 0.3) is 0 Å². The van der Waals surface area contributed by atoms with Crippen molar-refractivity contribution >= 4 is 16.0 Å². The van der Waals surface area contributed by atoms with Gasteiger partial charge in [0.15, 0.2) is 0 Å². The van der Waals surface area contributed by atoms with E-state index in [9.17, 15) is 0 Å². The Morgan fingerprint density at radius 3 is 2.89 bits per heavy atom. The Morgan fingerprint density at radius 1 is 1.44 bits per heavy atom. The van der Waals surface area contributed by atoms with Crippen LogP contribution in [0, 0.1) is 10.7 Å². The summed E-state index contributed by atoms with van der Waals surface area (Å²) in [6.07, 6.45) is 7.33. The van der Waals surface area contributed by atoms with E-state index in [2.05, 4.69) is 32.8 Å². The van der Waals surface area contributed by atoms with Gasteiger partial charge in [0.1, 0.15) is 0 Å². The normalized spacial score (nSPS) is 17.6. The molecule has 0 aromatic heterocycles. The van der Waals surface area contributed by atoms with Crippen LogP contribution in [0.15, 0.2) is 11.6 Å². The summed E-state index contributed by atoms with van der Waals surface area (Å²) in [5, 5.41) is 0. The van der Waals surface area contributed by atoms with Crippen LogP contribution in [0.1, 0.15) is 25.7 Å². The minimum absolute atomic E-state index is 1.19. The molecule has 0 heterocycles. The number of hydrogen-bond donors (Lipinski definition) is 0. The van der Waals surface area contributed by atoms with E-state index >= 15 is 0 Å². The van der Waals surface area contributed by atoms with E-state index in [1.54, 1.807) is 0 Å². The van der Waals surface area contributed by atoms with Gasteiger partial charge in [0.2, 0.25) is 0 Å². The molecule has 0 saturated carbocycles. The van der Waals surface area contributed by atoms with Gasteiger partial charge in [-0.2, -0.15) is 0 Å². The molecule has 0 nitrogen and oxygen atoms in total. The summed E-state index contributed by atoms with van der Waals surface area (Å²) < 4.78 is 0. The van der Waals surface area contributed by atoms with Crippen molar-refractivity contribution in [3.05, 3.63) is 11.6 Å². The zero-order valence-corrected chi connectivity index (χ0v) is 7.03. The maximum atomic E-state index is 3.04. The zero-order chi connectivity index (χ0) is 6.53. The fraction of sp³-hybridized carbons (Fsp3) is 0.500. The predicted octanol–water partition coefficient (Wildman–Crippen LogP) is 1.62. The molecule has 1 radical (unpaired) electrons. The number of hydrogen-bond acceptors (Lipinski definition) is 0. The van der Waals surface area contributed by atoms with E-state index in [4.69, 9.17) is 0 Å². The first-order chi connectivity index (χ1) is 4.43. The van der Waals surface area contributed by atoms with Crippen molar-refractivity contribution in [2.24, 2.45) is 0 Å². The third-order valence-corrected chi connectivity index (χ3v) is 1.72. The van der Waals surface area contributed by atoms with Gasteiger partial charge >= 0.3 is 64.1 Å². The summed E-state index contributed by atoms with van der Waals surface area (Å²) in [5.41, 5.74) is 1.32. The average molecular weight is 184 g/mol. The topological polar surface area (TPSA) is 0 Å². The van der Waals surface area contributed by atoms with Crippen molar-refractivity contribution in [3.63, 3.8) is 0 Å². The standard InChI is InChI=1S/C8H9Se/c9-7-6-8-4-2-1-3-5-8/h4H,1-3,5H2. The fourth-order valence-electron chi connectivity index (χ4n) is 1.02. The Labute approximate surface area is 64.5 Å². The number of rotatable bonds is 0. The average Bonchev–Trinajstić information content (AvgIpc) is 1.91. The maximum absolute atomic E-state index is 3.04. The van der Waals surface area contributed by atoms with Crippen LogP contribution in [0.5, 0.6) is 0 Å². The second-order valence-corrected chi connectivity index (χ2v) is 2.63. The van der Waals surface area contributed by atoms with E-state index in [1.165, 1.54) is 31.3 Å². The molecule has 0 aliphatic heterocycles. The van der Waals surface area contributed by atoms with Crippen molar-refractivity contribution in [2.45, 2.75) is 25.7 Å². The van der Waals surface area contributed by atoms with Gasteiger partial charge in [0.05, 0.1) is 0 Å². The van der Waals surface area contributed by atoms with Crippen molar-refractivity contribution in [1.29, 1.82) is 0 Å². The van der Waals surface area contributed by atoms with Gasteiger partial charge in [-0.25, -0.2) is 0 Å². The molecule has 1 rings (SSSR count). The molecule has 1 aliphatic carbocycles. The summed E-state index contributed by atoms with van der Waals surface area (Å²) in [4.78, 5) is 2.79. The first-order valence-corrected chi connectivity index (χ1v) is 4.11. The Balaban J connectivity index is 2.53.